The molecule has 1 aliphatic rings. The molecule has 120 valence electrons. The minimum atomic E-state index is -0.161. The lowest BCUT2D eigenvalue weighted by Crippen LogP contribution is -2.31. The van der Waals surface area contributed by atoms with Crippen LogP contribution < -0.4 is 16.0 Å². The zero-order valence-corrected chi connectivity index (χ0v) is 13.3. The Morgan fingerprint density at radius 1 is 1.32 bits per heavy atom. The second-order valence-corrected chi connectivity index (χ2v) is 6.12. The highest BCUT2D eigenvalue weighted by Crippen LogP contribution is 2.18. The first-order valence-corrected chi connectivity index (χ1v) is 7.96. The number of carbonyl (C=O) groups excluding carboxylic acids is 2. The summed E-state index contributed by atoms with van der Waals surface area (Å²) in [4.78, 5) is 24.3. The fraction of sp³-hybridized carbons (Fsp3) is 0.529. The average molecular weight is 303 g/mol. The van der Waals surface area contributed by atoms with E-state index < -0.39 is 0 Å². The number of para-hydroxylation sites is 1. The van der Waals surface area contributed by atoms with Crippen LogP contribution >= 0.6 is 0 Å². The monoisotopic (exact) mass is 303 g/mol. The number of nitrogens with one attached hydrogen (secondary N) is 3. The lowest BCUT2D eigenvalue weighted by molar-refractivity contribution is -0.116. The van der Waals surface area contributed by atoms with Gasteiger partial charge in [-0.15, -0.1) is 0 Å². The van der Waals surface area contributed by atoms with Gasteiger partial charge in [0.25, 0.3) is 5.91 Å². The third-order valence-corrected chi connectivity index (χ3v) is 3.81. The van der Waals surface area contributed by atoms with Crippen molar-refractivity contribution in [1.82, 2.24) is 10.6 Å². The van der Waals surface area contributed by atoms with Crippen molar-refractivity contribution in [3.8, 4) is 0 Å². The molecular formula is C17H25N3O2. The summed E-state index contributed by atoms with van der Waals surface area (Å²) in [6, 6.07) is 7.18. The van der Waals surface area contributed by atoms with Gasteiger partial charge in [-0.25, -0.2) is 0 Å². The molecule has 1 heterocycles. The molecule has 0 saturated carbocycles. The maximum absolute atomic E-state index is 12.2. The van der Waals surface area contributed by atoms with E-state index in [2.05, 4.69) is 16.0 Å². The predicted octanol–water partition coefficient (Wildman–Crippen LogP) is 2.15. The van der Waals surface area contributed by atoms with Crippen LogP contribution in [-0.4, -0.2) is 30.9 Å². The van der Waals surface area contributed by atoms with Crippen LogP contribution in [0, 0.1) is 5.92 Å². The molecule has 2 amide bonds. The first-order chi connectivity index (χ1) is 10.6. The minimum absolute atomic E-state index is 0.0308. The van der Waals surface area contributed by atoms with Gasteiger partial charge in [0.2, 0.25) is 5.91 Å². The summed E-state index contributed by atoms with van der Waals surface area (Å²) in [7, 11) is 0. The van der Waals surface area contributed by atoms with Crippen molar-refractivity contribution in [3.63, 3.8) is 0 Å². The van der Waals surface area contributed by atoms with Gasteiger partial charge in [-0.1, -0.05) is 12.1 Å². The molecule has 1 saturated heterocycles. The Kier molecular flexibility index (Phi) is 5.95. The second kappa shape index (κ2) is 7.94. The van der Waals surface area contributed by atoms with Crippen molar-refractivity contribution in [1.29, 1.82) is 0 Å². The van der Waals surface area contributed by atoms with Gasteiger partial charge in [0, 0.05) is 12.5 Å². The van der Waals surface area contributed by atoms with E-state index in [4.69, 9.17) is 0 Å². The Morgan fingerprint density at radius 2 is 2.09 bits per heavy atom. The zero-order valence-electron chi connectivity index (χ0n) is 13.3. The van der Waals surface area contributed by atoms with E-state index in [1.807, 2.05) is 19.9 Å². The van der Waals surface area contributed by atoms with Crippen LogP contribution in [0.2, 0.25) is 0 Å². The number of carbonyl (C=O) groups is 2. The van der Waals surface area contributed by atoms with E-state index >= 15 is 0 Å². The van der Waals surface area contributed by atoms with Crippen LogP contribution in [0.1, 0.15) is 43.5 Å². The van der Waals surface area contributed by atoms with Gasteiger partial charge < -0.3 is 16.0 Å². The van der Waals surface area contributed by atoms with Gasteiger partial charge in [-0.2, -0.15) is 0 Å². The van der Waals surface area contributed by atoms with Crippen molar-refractivity contribution in [3.05, 3.63) is 29.8 Å². The average Bonchev–Trinajstić information content (AvgIpc) is 2.98. The van der Waals surface area contributed by atoms with Crippen molar-refractivity contribution in [2.45, 2.75) is 39.2 Å². The largest absolute Gasteiger partial charge is 0.350 e. The Balaban J connectivity index is 1.93. The molecular weight excluding hydrogens is 278 g/mol. The van der Waals surface area contributed by atoms with Gasteiger partial charge in [0.1, 0.15) is 0 Å². The molecule has 1 aromatic rings. The molecule has 5 nitrogen and oxygen atoms in total. The molecule has 0 aromatic heterocycles. The van der Waals surface area contributed by atoms with Crippen LogP contribution in [0.25, 0.3) is 0 Å². The molecule has 0 radical (unpaired) electrons. The Hall–Kier alpha value is -1.88. The molecule has 0 spiro atoms. The highest BCUT2D eigenvalue weighted by Gasteiger charge is 2.17. The van der Waals surface area contributed by atoms with E-state index in [1.165, 1.54) is 0 Å². The summed E-state index contributed by atoms with van der Waals surface area (Å²) in [5, 5.41) is 9.02. The van der Waals surface area contributed by atoms with Gasteiger partial charge in [-0.05, 0) is 57.8 Å². The summed E-state index contributed by atoms with van der Waals surface area (Å²) in [5.74, 6) is 0.396. The van der Waals surface area contributed by atoms with Crippen molar-refractivity contribution in [2.24, 2.45) is 5.92 Å². The fourth-order valence-electron chi connectivity index (χ4n) is 2.64. The molecule has 2 rings (SSSR count). The molecule has 1 fully saturated rings. The van der Waals surface area contributed by atoms with Crippen LogP contribution in [0.5, 0.6) is 0 Å². The highest BCUT2D eigenvalue weighted by molar-refractivity contribution is 6.03. The van der Waals surface area contributed by atoms with Gasteiger partial charge in [-0.3, -0.25) is 9.59 Å². The third-order valence-electron chi connectivity index (χ3n) is 3.81. The minimum Gasteiger partial charge on any atom is -0.350 e. The number of rotatable bonds is 6. The fourth-order valence-corrected chi connectivity index (χ4v) is 2.64. The molecule has 0 aliphatic carbocycles. The zero-order chi connectivity index (χ0) is 15.9. The summed E-state index contributed by atoms with van der Waals surface area (Å²) >= 11 is 0. The quantitative estimate of drug-likeness (QED) is 0.754. The lowest BCUT2D eigenvalue weighted by atomic mass is 10.0. The van der Waals surface area contributed by atoms with Crippen molar-refractivity contribution >= 4 is 17.5 Å². The van der Waals surface area contributed by atoms with E-state index in [-0.39, 0.29) is 17.9 Å². The standard InChI is InChI=1S/C17H25N3O2/c1-12(2)19-17(22)14-5-3-4-6-15(14)20-16(21)8-7-13-9-10-18-11-13/h3-6,12-13,18H,7-11H2,1-2H3,(H,19,22)(H,20,21). The van der Waals surface area contributed by atoms with Crippen LogP contribution in [0.15, 0.2) is 24.3 Å². The van der Waals surface area contributed by atoms with E-state index in [9.17, 15) is 9.59 Å². The number of anilines is 1. The molecule has 1 aromatic carbocycles. The maximum Gasteiger partial charge on any atom is 0.253 e. The first-order valence-electron chi connectivity index (χ1n) is 7.96. The van der Waals surface area contributed by atoms with Crippen molar-refractivity contribution in [2.75, 3.05) is 18.4 Å². The number of amides is 2. The number of hydrogen-bond donors (Lipinski definition) is 3. The topological polar surface area (TPSA) is 70.2 Å². The Labute approximate surface area is 131 Å². The van der Waals surface area contributed by atoms with Crippen LogP contribution in [0.4, 0.5) is 5.69 Å². The number of hydrogen-bond acceptors (Lipinski definition) is 3. The predicted molar refractivity (Wildman–Crippen MR) is 87.9 cm³/mol. The lowest BCUT2D eigenvalue weighted by Gasteiger charge is -2.13. The van der Waals surface area contributed by atoms with Crippen LogP contribution in [-0.2, 0) is 4.79 Å². The number of benzene rings is 1. The van der Waals surface area contributed by atoms with E-state index in [1.54, 1.807) is 18.2 Å². The molecule has 1 atom stereocenters. The van der Waals surface area contributed by atoms with Crippen molar-refractivity contribution < 1.29 is 9.59 Å². The smallest absolute Gasteiger partial charge is 0.253 e. The second-order valence-electron chi connectivity index (χ2n) is 6.12. The van der Waals surface area contributed by atoms with E-state index in [0.717, 1.165) is 25.9 Å². The van der Waals surface area contributed by atoms with Gasteiger partial charge in [0.05, 0.1) is 11.3 Å². The van der Waals surface area contributed by atoms with Crippen LogP contribution in [0.3, 0.4) is 0 Å². The molecule has 22 heavy (non-hydrogen) atoms. The molecule has 1 aliphatic heterocycles. The van der Waals surface area contributed by atoms with Gasteiger partial charge >= 0.3 is 0 Å². The first kappa shape index (κ1) is 16.5. The molecule has 3 N–H and O–H groups in total. The Morgan fingerprint density at radius 3 is 2.77 bits per heavy atom. The summed E-state index contributed by atoms with van der Waals surface area (Å²) in [6.07, 6.45) is 2.52. The van der Waals surface area contributed by atoms with Gasteiger partial charge in [0.15, 0.2) is 0 Å². The maximum atomic E-state index is 12.2. The van der Waals surface area contributed by atoms with E-state index in [0.29, 0.717) is 23.6 Å². The highest BCUT2D eigenvalue weighted by atomic mass is 16.2. The molecule has 1 unspecified atom stereocenters. The molecule has 0 bridgehead atoms. The summed E-state index contributed by atoms with van der Waals surface area (Å²) in [6.45, 7) is 5.87. The normalized spacial score (nSPS) is 17.5. The third kappa shape index (κ3) is 4.84. The summed E-state index contributed by atoms with van der Waals surface area (Å²) < 4.78 is 0. The SMILES string of the molecule is CC(C)NC(=O)c1ccccc1NC(=O)CCC1CCNC1. The molecule has 5 heteroatoms. The Bertz CT molecular complexity index is 522. The summed E-state index contributed by atoms with van der Waals surface area (Å²) in [5.41, 5.74) is 1.09.